The molecule has 0 aliphatic heterocycles. The summed E-state index contributed by atoms with van der Waals surface area (Å²) >= 11 is 0. The molecule has 8 heteroatoms. The second kappa shape index (κ2) is 8.05. The van der Waals surface area contributed by atoms with Crippen molar-refractivity contribution in [2.24, 2.45) is 0 Å². The fraction of sp³-hybridized carbons (Fsp3) is 0.200. The molecule has 0 radical (unpaired) electrons. The fourth-order valence-corrected chi connectivity index (χ4v) is 3.72. The molecule has 166 valence electrons. The van der Waals surface area contributed by atoms with E-state index in [9.17, 15) is 14.7 Å². The maximum Gasteiger partial charge on any atom is 0.341 e. The Kier molecular flexibility index (Phi) is 5.05. The zero-order valence-corrected chi connectivity index (χ0v) is 18.2. The van der Waals surface area contributed by atoms with E-state index in [-0.39, 0.29) is 11.6 Å². The number of ether oxygens (including phenoxy) is 1. The summed E-state index contributed by atoms with van der Waals surface area (Å²) in [5.74, 6) is 0.222. The molecule has 2 aromatic carbocycles. The van der Waals surface area contributed by atoms with Gasteiger partial charge in [0.25, 0.3) is 0 Å². The van der Waals surface area contributed by atoms with Crippen molar-refractivity contribution in [3.8, 4) is 11.6 Å². The van der Waals surface area contributed by atoms with Gasteiger partial charge in [-0.3, -0.25) is 4.79 Å². The maximum atomic E-state index is 12.6. The number of carboxylic acids is 1. The first-order chi connectivity index (χ1) is 15.9. The van der Waals surface area contributed by atoms with Gasteiger partial charge in [-0.2, -0.15) is 4.98 Å². The lowest BCUT2D eigenvalue weighted by Crippen LogP contribution is -2.18. The lowest BCUT2D eigenvalue weighted by molar-refractivity contribution is 0.0695. The molecule has 0 atom stereocenters. The lowest BCUT2D eigenvalue weighted by Gasteiger charge is -2.13. The zero-order valence-electron chi connectivity index (χ0n) is 18.2. The molecule has 1 aliphatic rings. The number of aromatic carboxylic acids is 1. The first-order valence-electron chi connectivity index (χ1n) is 10.7. The van der Waals surface area contributed by atoms with Crippen molar-refractivity contribution in [3.05, 3.63) is 81.8 Å². The van der Waals surface area contributed by atoms with Gasteiger partial charge in [0.2, 0.25) is 17.3 Å². The van der Waals surface area contributed by atoms with Crippen molar-refractivity contribution in [1.82, 2.24) is 14.5 Å². The van der Waals surface area contributed by atoms with E-state index in [1.54, 1.807) is 24.4 Å². The van der Waals surface area contributed by atoms with Gasteiger partial charge < -0.3 is 19.7 Å². The summed E-state index contributed by atoms with van der Waals surface area (Å²) in [6, 6.07) is 12.9. The second-order valence-corrected chi connectivity index (χ2v) is 8.24. The fourth-order valence-electron chi connectivity index (χ4n) is 3.72. The largest absolute Gasteiger partial charge is 0.477 e. The number of aryl methyl sites for hydroxylation is 2. The van der Waals surface area contributed by atoms with Crippen molar-refractivity contribution in [2.45, 2.75) is 32.7 Å². The minimum atomic E-state index is -1.22. The molecule has 33 heavy (non-hydrogen) atoms. The Morgan fingerprint density at radius 1 is 1.12 bits per heavy atom. The first-order valence-corrected chi connectivity index (χ1v) is 10.7. The van der Waals surface area contributed by atoms with Crippen molar-refractivity contribution in [3.63, 3.8) is 0 Å². The molecule has 2 aromatic heterocycles. The number of fused-ring (bicyclic) bond motifs is 1. The molecule has 2 heterocycles. The van der Waals surface area contributed by atoms with Gasteiger partial charge in [-0.05, 0) is 68.1 Å². The van der Waals surface area contributed by atoms with E-state index in [0.29, 0.717) is 34.2 Å². The van der Waals surface area contributed by atoms with Crippen LogP contribution in [-0.4, -0.2) is 25.6 Å². The van der Waals surface area contributed by atoms with Crippen LogP contribution < -0.4 is 15.5 Å². The lowest BCUT2D eigenvalue weighted by atomic mass is 10.1. The van der Waals surface area contributed by atoms with E-state index < -0.39 is 11.4 Å². The summed E-state index contributed by atoms with van der Waals surface area (Å²) in [5, 5.41) is 12.9. The van der Waals surface area contributed by atoms with Crippen LogP contribution in [0.15, 0.2) is 59.7 Å². The minimum absolute atomic E-state index is 0.201. The average molecular weight is 442 g/mol. The summed E-state index contributed by atoms with van der Waals surface area (Å²) in [6.07, 6.45) is 4.96. The van der Waals surface area contributed by atoms with Crippen LogP contribution in [0.4, 0.5) is 11.6 Å². The number of carboxylic acid groups (broad SMARTS) is 1. The number of aromatic nitrogens is 3. The Hall–Kier alpha value is -4.20. The normalized spacial score (nSPS) is 13.2. The van der Waals surface area contributed by atoms with Crippen molar-refractivity contribution >= 4 is 28.5 Å². The Morgan fingerprint density at radius 3 is 2.67 bits per heavy atom. The Bertz CT molecular complexity index is 1460. The van der Waals surface area contributed by atoms with Crippen LogP contribution in [0.2, 0.25) is 0 Å². The SMILES string of the molecule is Cc1ccc(Oc2ccnc(Nc3ccc4c(=O)c(C(=O)O)cn(C5CC5)c4c3)n2)cc1C. The van der Waals surface area contributed by atoms with Gasteiger partial charge in [0, 0.05) is 35.6 Å². The molecule has 8 nitrogen and oxygen atoms in total. The van der Waals surface area contributed by atoms with E-state index >= 15 is 0 Å². The molecule has 1 saturated carbocycles. The molecule has 0 saturated heterocycles. The highest BCUT2D eigenvalue weighted by molar-refractivity contribution is 5.93. The molecule has 0 bridgehead atoms. The number of nitrogens with one attached hydrogen (secondary N) is 1. The highest BCUT2D eigenvalue weighted by Gasteiger charge is 2.26. The van der Waals surface area contributed by atoms with Crippen LogP contribution in [0.5, 0.6) is 11.6 Å². The number of nitrogens with zero attached hydrogens (tertiary/aromatic N) is 3. The summed E-state index contributed by atoms with van der Waals surface area (Å²) in [4.78, 5) is 32.8. The van der Waals surface area contributed by atoms with Crippen LogP contribution >= 0.6 is 0 Å². The molecule has 0 amide bonds. The van der Waals surface area contributed by atoms with Gasteiger partial charge in [0.05, 0.1) is 5.52 Å². The van der Waals surface area contributed by atoms with Crippen LogP contribution in [-0.2, 0) is 0 Å². The van der Waals surface area contributed by atoms with Crippen molar-refractivity contribution in [1.29, 1.82) is 0 Å². The van der Waals surface area contributed by atoms with Crippen LogP contribution in [0.3, 0.4) is 0 Å². The van der Waals surface area contributed by atoms with Gasteiger partial charge in [-0.25, -0.2) is 9.78 Å². The molecule has 1 aliphatic carbocycles. The summed E-state index contributed by atoms with van der Waals surface area (Å²) < 4.78 is 7.76. The molecular formula is C25H22N4O4. The van der Waals surface area contributed by atoms with Gasteiger partial charge >= 0.3 is 5.97 Å². The van der Waals surface area contributed by atoms with E-state index in [0.717, 1.165) is 18.4 Å². The molecule has 4 aromatic rings. The van der Waals surface area contributed by atoms with Gasteiger partial charge in [0.15, 0.2) is 0 Å². The standard InChI is InChI=1S/C25H22N4O4/c1-14-3-7-18(11-15(14)2)33-22-9-10-26-25(28-22)27-16-4-8-19-21(12-16)29(17-5-6-17)13-20(23(19)30)24(31)32/h3-4,7-13,17H,5-6H2,1-2H3,(H,31,32)(H,26,27,28). The Balaban J connectivity index is 1.46. The highest BCUT2D eigenvalue weighted by Crippen LogP contribution is 2.37. The summed E-state index contributed by atoms with van der Waals surface area (Å²) in [7, 11) is 0. The van der Waals surface area contributed by atoms with E-state index in [1.165, 1.54) is 11.8 Å². The smallest absolute Gasteiger partial charge is 0.341 e. The number of anilines is 2. The predicted molar refractivity (Wildman–Crippen MR) is 125 cm³/mol. The molecule has 5 rings (SSSR count). The second-order valence-electron chi connectivity index (χ2n) is 8.24. The number of hydrogen-bond acceptors (Lipinski definition) is 6. The van der Waals surface area contributed by atoms with E-state index in [4.69, 9.17) is 4.74 Å². The number of carbonyl (C=O) groups is 1. The van der Waals surface area contributed by atoms with E-state index in [2.05, 4.69) is 15.3 Å². The third-order valence-electron chi connectivity index (χ3n) is 5.79. The van der Waals surface area contributed by atoms with Crippen molar-refractivity contribution < 1.29 is 14.6 Å². The van der Waals surface area contributed by atoms with Gasteiger partial charge in [0.1, 0.15) is 11.3 Å². The minimum Gasteiger partial charge on any atom is -0.477 e. The summed E-state index contributed by atoms with van der Waals surface area (Å²) in [6.45, 7) is 4.07. The number of hydrogen-bond donors (Lipinski definition) is 2. The molecule has 1 fully saturated rings. The van der Waals surface area contributed by atoms with Gasteiger partial charge in [-0.1, -0.05) is 6.07 Å². The Labute approximate surface area is 189 Å². The van der Waals surface area contributed by atoms with Crippen LogP contribution in [0.25, 0.3) is 10.9 Å². The molecule has 0 unspecified atom stereocenters. The number of pyridine rings is 1. The maximum absolute atomic E-state index is 12.6. The van der Waals surface area contributed by atoms with Crippen molar-refractivity contribution in [2.75, 3.05) is 5.32 Å². The molecule has 2 N–H and O–H groups in total. The molecular weight excluding hydrogens is 420 g/mol. The van der Waals surface area contributed by atoms with Crippen LogP contribution in [0.1, 0.15) is 40.4 Å². The summed E-state index contributed by atoms with van der Waals surface area (Å²) in [5.41, 5.74) is 2.98. The average Bonchev–Trinajstić information content (AvgIpc) is 3.62. The highest BCUT2D eigenvalue weighted by atomic mass is 16.5. The Morgan fingerprint density at radius 2 is 1.94 bits per heavy atom. The third-order valence-corrected chi connectivity index (χ3v) is 5.79. The quantitative estimate of drug-likeness (QED) is 0.434. The topological polar surface area (TPSA) is 106 Å². The number of benzene rings is 2. The first kappa shape index (κ1) is 20.7. The van der Waals surface area contributed by atoms with Gasteiger partial charge in [-0.15, -0.1) is 0 Å². The molecule has 0 spiro atoms. The third kappa shape index (κ3) is 4.15. The van der Waals surface area contributed by atoms with E-state index in [1.807, 2.05) is 42.7 Å². The monoisotopic (exact) mass is 442 g/mol. The number of rotatable bonds is 6. The van der Waals surface area contributed by atoms with Crippen LogP contribution in [0, 0.1) is 13.8 Å². The zero-order chi connectivity index (χ0) is 23.1. The predicted octanol–water partition coefficient (Wildman–Crippen LogP) is 4.98.